The van der Waals surface area contributed by atoms with E-state index in [1.165, 1.54) is 25.7 Å². The number of nitrogens with one attached hydrogen (secondary N) is 1. The summed E-state index contributed by atoms with van der Waals surface area (Å²) in [6.45, 7) is 6.25. The molecule has 0 aliphatic carbocycles. The first-order valence-corrected chi connectivity index (χ1v) is 8.35. The molecule has 1 aromatic rings. The molecule has 4 nitrogen and oxygen atoms in total. The van der Waals surface area contributed by atoms with Gasteiger partial charge in [0.2, 0.25) is 0 Å². The maximum absolute atomic E-state index is 9.65. The Kier molecular flexibility index (Phi) is 6.30. The van der Waals surface area contributed by atoms with E-state index in [9.17, 15) is 5.11 Å². The van der Waals surface area contributed by atoms with E-state index in [4.69, 9.17) is 0 Å². The van der Waals surface area contributed by atoms with Crippen LogP contribution in [0.3, 0.4) is 0 Å². The van der Waals surface area contributed by atoms with Gasteiger partial charge in [0.25, 0.3) is 0 Å². The van der Waals surface area contributed by atoms with Crippen molar-refractivity contribution < 1.29 is 5.11 Å². The number of pyridine rings is 1. The zero-order valence-corrected chi connectivity index (χ0v) is 13.4. The van der Waals surface area contributed by atoms with Gasteiger partial charge in [-0.15, -0.1) is 0 Å². The molecule has 4 heteroatoms. The van der Waals surface area contributed by atoms with Crippen molar-refractivity contribution in [2.45, 2.75) is 64.5 Å². The topological polar surface area (TPSA) is 48.4 Å². The van der Waals surface area contributed by atoms with Crippen LogP contribution in [0.5, 0.6) is 0 Å². The van der Waals surface area contributed by atoms with Gasteiger partial charge in [-0.25, -0.2) is 4.98 Å². The summed E-state index contributed by atoms with van der Waals surface area (Å²) < 4.78 is 0. The minimum absolute atomic E-state index is 0.144. The van der Waals surface area contributed by atoms with E-state index in [2.05, 4.69) is 35.1 Å². The first kappa shape index (κ1) is 16.1. The molecular weight excluding hydrogens is 262 g/mol. The Morgan fingerprint density at radius 2 is 2.14 bits per heavy atom. The largest absolute Gasteiger partial charge is 0.393 e. The number of hydrogen-bond donors (Lipinski definition) is 2. The highest BCUT2D eigenvalue weighted by Crippen LogP contribution is 2.26. The number of piperidine rings is 1. The van der Waals surface area contributed by atoms with E-state index in [0.717, 1.165) is 37.4 Å². The Morgan fingerprint density at radius 1 is 1.38 bits per heavy atom. The van der Waals surface area contributed by atoms with Crippen molar-refractivity contribution in [3.05, 3.63) is 18.3 Å². The maximum Gasteiger partial charge on any atom is 0.151 e. The Labute approximate surface area is 128 Å². The van der Waals surface area contributed by atoms with Crippen LogP contribution in [0.25, 0.3) is 0 Å². The minimum Gasteiger partial charge on any atom is -0.393 e. The minimum atomic E-state index is -0.144. The molecule has 0 amide bonds. The van der Waals surface area contributed by atoms with Gasteiger partial charge in [0.1, 0.15) is 0 Å². The zero-order valence-electron chi connectivity index (χ0n) is 13.4. The van der Waals surface area contributed by atoms with Gasteiger partial charge in [-0.2, -0.15) is 0 Å². The van der Waals surface area contributed by atoms with Gasteiger partial charge in [0.15, 0.2) is 5.82 Å². The van der Waals surface area contributed by atoms with Crippen molar-refractivity contribution in [1.29, 1.82) is 0 Å². The van der Waals surface area contributed by atoms with Gasteiger partial charge in [0, 0.05) is 25.3 Å². The van der Waals surface area contributed by atoms with Crippen LogP contribution in [0, 0.1) is 0 Å². The summed E-state index contributed by atoms with van der Waals surface area (Å²) in [6.07, 6.45) is 8.42. The number of aromatic nitrogens is 1. The van der Waals surface area contributed by atoms with E-state index in [1.807, 2.05) is 12.3 Å². The predicted octanol–water partition coefficient (Wildman–Crippen LogP) is 3.42. The fourth-order valence-electron chi connectivity index (χ4n) is 2.88. The van der Waals surface area contributed by atoms with E-state index in [1.54, 1.807) is 0 Å². The predicted molar refractivity (Wildman–Crippen MR) is 88.9 cm³/mol. The molecule has 1 unspecified atom stereocenters. The van der Waals surface area contributed by atoms with Gasteiger partial charge < -0.3 is 15.3 Å². The van der Waals surface area contributed by atoms with Gasteiger partial charge >= 0.3 is 0 Å². The SMILES string of the molecule is CCCCCC(C)Nc1cccnc1N1CCC(O)CC1. The van der Waals surface area contributed by atoms with Crippen LogP contribution >= 0.6 is 0 Å². The molecule has 0 aromatic carbocycles. The fraction of sp³-hybridized carbons (Fsp3) is 0.706. The lowest BCUT2D eigenvalue weighted by Crippen LogP contribution is -2.37. The monoisotopic (exact) mass is 291 g/mol. The molecule has 1 aliphatic rings. The van der Waals surface area contributed by atoms with Crippen LogP contribution in [-0.2, 0) is 0 Å². The number of hydrogen-bond acceptors (Lipinski definition) is 4. The average Bonchev–Trinajstić information content (AvgIpc) is 2.49. The van der Waals surface area contributed by atoms with Crippen LogP contribution in [0.15, 0.2) is 18.3 Å². The lowest BCUT2D eigenvalue weighted by atomic mass is 10.1. The first-order chi connectivity index (χ1) is 10.2. The number of nitrogens with zero attached hydrogens (tertiary/aromatic N) is 2. The molecule has 1 aromatic heterocycles. The van der Waals surface area contributed by atoms with Gasteiger partial charge in [-0.1, -0.05) is 26.2 Å². The van der Waals surface area contributed by atoms with E-state index < -0.39 is 0 Å². The molecule has 1 aliphatic heterocycles. The average molecular weight is 291 g/mol. The number of aliphatic hydroxyl groups is 1. The molecule has 1 fully saturated rings. The summed E-state index contributed by atoms with van der Waals surface area (Å²) in [4.78, 5) is 6.84. The fourth-order valence-corrected chi connectivity index (χ4v) is 2.88. The van der Waals surface area contributed by atoms with Gasteiger partial charge in [-0.05, 0) is 38.3 Å². The third kappa shape index (κ3) is 4.88. The maximum atomic E-state index is 9.65. The summed E-state index contributed by atoms with van der Waals surface area (Å²) in [5.41, 5.74) is 1.12. The Bertz CT molecular complexity index is 416. The number of rotatable bonds is 7. The van der Waals surface area contributed by atoms with Crippen LogP contribution in [0.1, 0.15) is 52.4 Å². The number of unbranched alkanes of at least 4 members (excludes halogenated alkanes) is 2. The standard InChI is InChI=1S/C17H29N3O/c1-3-4-5-7-14(2)19-16-8-6-11-18-17(16)20-12-9-15(21)10-13-20/h6,8,11,14-15,19,21H,3-5,7,9-10,12-13H2,1-2H3. The van der Waals surface area contributed by atoms with Gasteiger partial charge in [-0.3, -0.25) is 0 Å². The van der Waals surface area contributed by atoms with Crippen molar-refractivity contribution in [1.82, 2.24) is 4.98 Å². The summed E-state index contributed by atoms with van der Waals surface area (Å²) >= 11 is 0. The van der Waals surface area contributed by atoms with Crippen molar-refractivity contribution >= 4 is 11.5 Å². The highest BCUT2D eigenvalue weighted by Gasteiger charge is 2.20. The molecule has 0 radical (unpaired) electrons. The molecule has 2 rings (SSSR count). The summed E-state index contributed by atoms with van der Waals surface area (Å²) in [6, 6.07) is 4.57. The lowest BCUT2D eigenvalue weighted by Gasteiger charge is -2.32. The van der Waals surface area contributed by atoms with Crippen molar-refractivity contribution in [3.63, 3.8) is 0 Å². The van der Waals surface area contributed by atoms with Crippen molar-refractivity contribution in [3.8, 4) is 0 Å². The van der Waals surface area contributed by atoms with Gasteiger partial charge in [0.05, 0.1) is 11.8 Å². The third-order valence-electron chi connectivity index (χ3n) is 4.19. The summed E-state index contributed by atoms with van der Waals surface area (Å²) in [7, 11) is 0. The van der Waals surface area contributed by atoms with E-state index >= 15 is 0 Å². The Hall–Kier alpha value is -1.29. The Morgan fingerprint density at radius 3 is 2.86 bits per heavy atom. The van der Waals surface area contributed by atoms with E-state index in [-0.39, 0.29) is 6.10 Å². The van der Waals surface area contributed by atoms with Crippen LogP contribution < -0.4 is 10.2 Å². The lowest BCUT2D eigenvalue weighted by molar-refractivity contribution is 0.145. The molecule has 1 atom stereocenters. The zero-order chi connectivity index (χ0) is 15.1. The smallest absolute Gasteiger partial charge is 0.151 e. The first-order valence-electron chi connectivity index (χ1n) is 8.35. The highest BCUT2D eigenvalue weighted by molar-refractivity contribution is 5.65. The molecule has 0 spiro atoms. The normalized spacial score (nSPS) is 17.8. The van der Waals surface area contributed by atoms with Crippen molar-refractivity contribution in [2.75, 3.05) is 23.3 Å². The second-order valence-electron chi connectivity index (χ2n) is 6.13. The second kappa shape index (κ2) is 8.23. The number of anilines is 2. The molecule has 0 saturated carbocycles. The van der Waals surface area contributed by atoms with E-state index in [0.29, 0.717) is 6.04 Å². The molecule has 2 heterocycles. The molecule has 2 N–H and O–H groups in total. The summed E-state index contributed by atoms with van der Waals surface area (Å²) in [5.74, 6) is 1.03. The quantitative estimate of drug-likeness (QED) is 0.756. The Balaban J connectivity index is 1.96. The third-order valence-corrected chi connectivity index (χ3v) is 4.19. The second-order valence-corrected chi connectivity index (χ2v) is 6.13. The van der Waals surface area contributed by atoms with Crippen LogP contribution in [-0.4, -0.2) is 35.3 Å². The molecular formula is C17H29N3O. The molecule has 1 saturated heterocycles. The number of aliphatic hydroxyl groups excluding tert-OH is 1. The van der Waals surface area contributed by atoms with Crippen molar-refractivity contribution in [2.24, 2.45) is 0 Å². The van der Waals surface area contributed by atoms with Crippen LogP contribution in [0.4, 0.5) is 11.5 Å². The molecule has 0 bridgehead atoms. The molecule has 118 valence electrons. The highest BCUT2D eigenvalue weighted by atomic mass is 16.3. The van der Waals surface area contributed by atoms with Crippen LogP contribution in [0.2, 0.25) is 0 Å². The molecule has 21 heavy (non-hydrogen) atoms. The summed E-state index contributed by atoms with van der Waals surface area (Å²) in [5, 5.41) is 13.3.